The van der Waals surface area contributed by atoms with Crippen molar-refractivity contribution in [2.45, 2.75) is 13.8 Å². The highest BCUT2D eigenvalue weighted by molar-refractivity contribution is 6.03. The zero-order chi connectivity index (χ0) is 26.2. The maximum Gasteiger partial charge on any atom is 0.271 e. The van der Waals surface area contributed by atoms with E-state index in [0.717, 1.165) is 22.5 Å². The second-order valence-electron chi connectivity index (χ2n) is 8.74. The molecule has 0 aliphatic carbocycles. The van der Waals surface area contributed by atoms with Crippen LogP contribution in [0.15, 0.2) is 83.0 Å². The quantitative estimate of drug-likeness (QED) is 0.372. The van der Waals surface area contributed by atoms with Gasteiger partial charge < -0.3 is 9.80 Å². The molecule has 186 valence electrons. The fourth-order valence-corrected chi connectivity index (χ4v) is 3.30. The minimum absolute atomic E-state index is 0.272. The van der Waals surface area contributed by atoms with Crippen LogP contribution in [0.4, 0.5) is 11.4 Å². The first-order chi connectivity index (χ1) is 17.2. The van der Waals surface area contributed by atoms with E-state index in [1.165, 1.54) is 0 Å². The minimum Gasteiger partial charge on any atom is -0.378 e. The molecule has 0 atom stereocenters. The third-order valence-corrected chi connectivity index (χ3v) is 5.66. The van der Waals surface area contributed by atoms with Gasteiger partial charge in [0.1, 0.15) is 0 Å². The molecule has 0 fully saturated rings. The molecule has 36 heavy (non-hydrogen) atoms. The molecule has 0 heterocycles. The number of hydrogen-bond acceptors (Lipinski definition) is 6. The summed E-state index contributed by atoms with van der Waals surface area (Å²) in [5.74, 6) is -0.544. The molecule has 0 saturated heterocycles. The average molecular weight is 485 g/mol. The van der Waals surface area contributed by atoms with Crippen LogP contribution in [-0.2, 0) is 0 Å². The summed E-state index contributed by atoms with van der Waals surface area (Å²) in [6, 6.07) is 22.2. The predicted octanol–water partition coefficient (Wildman–Crippen LogP) is 4.13. The monoisotopic (exact) mass is 484 g/mol. The second kappa shape index (κ2) is 11.8. The molecule has 2 amide bonds. The van der Waals surface area contributed by atoms with Crippen molar-refractivity contribution in [3.63, 3.8) is 0 Å². The second-order valence-corrected chi connectivity index (χ2v) is 8.74. The molecule has 0 bridgehead atoms. The number of hydrazone groups is 2. The van der Waals surface area contributed by atoms with Crippen LogP contribution < -0.4 is 20.7 Å². The molecule has 3 rings (SSSR count). The van der Waals surface area contributed by atoms with E-state index in [9.17, 15) is 9.59 Å². The number of rotatable bonds is 8. The first-order valence-corrected chi connectivity index (χ1v) is 11.5. The number of carbonyl (C=O) groups is 2. The molecule has 0 unspecified atom stereocenters. The number of anilines is 2. The molecule has 0 saturated carbocycles. The smallest absolute Gasteiger partial charge is 0.271 e. The van der Waals surface area contributed by atoms with Gasteiger partial charge in [0, 0.05) is 50.7 Å². The Kier molecular flexibility index (Phi) is 8.57. The van der Waals surface area contributed by atoms with Gasteiger partial charge in [-0.15, -0.1) is 0 Å². The average Bonchev–Trinajstić information content (AvgIpc) is 2.90. The molecule has 0 aliphatic rings. The zero-order valence-electron chi connectivity index (χ0n) is 21.5. The van der Waals surface area contributed by atoms with E-state index in [-0.39, 0.29) is 11.8 Å². The Labute approximate surface area is 212 Å². The number of benzene rings is 3. The fraction of sp³-hybridized carbons (Fsp3) is 0.214. The molecule has 0 aromatic heterocycles. The normalized spacial score (nSPS) is 11.6. The maximum atomic E-state index is 12.4. The van der Waals surface area contributed by atoms with E-state index in [1.54, 1.807) is 24.3 Å². The van der Waals surface area contributed by atoms with Gasteiger partial charge in [-0.05, 0) is 73.5 Å². The van der Waals surface area contributed by atoms with Crippen molar-refractivity contribution < 1.29 is 9.59 Å². The van der Waals surface area contributed by atoms with Crippen molar-refractivity contribution in [3.8, 4) is 0 Å². The van der Waals surface area contributed by atoms with Gasteiger partial charge >= 0.3 is 0 Å². The van der Waals surface area contributed by atoms with Crippen LogP contribution in [0.25, 0.3) is 0 Å². The van der Waals surface area contributed by atoms with E-state index in [1.807, 2.05) is 100 Å². The maximum absolute atomic E-state index is 12.4. The summed E-state index contributed by atoms with van der Waals surface area (Å²) < 4.78 is 0. The Hall–Kier alpha value is -4.46. The van der Waals surface area contributed by atoms with Crippen LogP contribution in [-0.4, -0.2) is 51.4 Å². The van der Waals surface area contributed by atoms with Gasteiger partial charge in [0.2, 0.25) is 0 Å². The fourth-order valence-electron chi connectivity index (χ4n) is 3.30. The summed E-state index contributed by atoms with van der Waals surface area (Å²) in [5, 5.41) is 8.46. The lowest BCUT2D eigenvalue weighted by atomic mass is 10.1. The molecule has 0 aliphatic heterocycles. The van der Waals surface area contributed by atoms with E-state index in [0.29, 0.717) is 22.6 Å². The lowest BCUT2D eigenvalue weighted by Gasteiger charge is -2.12. The highest BCUT2D eigenvalue weighted by atomic mass is 16.2. The number of amides is 2. The highest BCUT2D eigenvalue weighted by Gasteiger charge is 2.08. The summed E-state index contributed by atoms with van der Waals surface area (Å²) in [4.78, 5) is 28.7. The Morgan fingerprint density at radius 2 is 0.806 bits per heavy atom. The lowest BCUT2D eigenvalue weighted by Crippen LogP contribution is -2.20. The third kappa shape index (κ3) is 6.79. The van der Waals surface area contributed by atoms with Crippen molar-refractivity contribution in [1.82, 2.24) is 10.9 Å². The number of carbonyl (C=O) groups excluding carboxylic acids is 2. The minimum atomic E-state index is -0.272. The van der Waals surface area contributed by atoms with Crippen LogP contribution >= 0.6 is 0 Å². The summed E-state index contributed by atoms with van der Waals surface area (Å²) >= 11 is 0. The van der Waals surface area contributed by atoms with Gasteiger partial charge in [-0.25, -0.2) is 10.9 Å². The molecule has 2 N–H and O–H groups in total. The summed E-state index contributed by atoms with van der Waals surface area (Å²) in [5.41, 5.74) is 11.4. The molecule has 3 aromatic carbocycles. The summed E-state index contributed by atoms with van der Waals surface area (Å²) in [6.45, 7) is 3.65. The summed E-state index contributed by atoms with van der Waals surface area (Å²) in [6.07, 6.45) is 0. The number of hydrogen-bond donors (Lipinski definition) is 2. The zero-order valence-corrected chi connectivity index (χ0v) is 21.5. The van der Waals surface area contributed by atoms with Gasteiger partial charge in [0.25, 0.3) is 11.8 Å². The topological polar surface area (TPSA) is 89.4 Å². The van der Waals surface area contributed by atoms with Crippen molar-refractivity contribution in [2.24, 2.45) is 10.2 Å². The van der Waals surface area contributed by atoms with Crippen LogP contribution in [0, 0.1) is 0 Å². The van der Waals surface area contributed by atoms with Crippen LogP contribution in [0.3, 0.4) is 0 Å². The van der Waals surface area contributed by atoms with Gasteiger partial charge in [-0.3, -0.25) is 9.59 Å². The van der Waals surface area contributed by atoms with Gasteiger partial charge in [0.05, 0.1) is 11.4 Å². The SMILES string of the molecule is C/C(=N\NC(=O)c1ccc(N(C)C)cc1)c1ccc(/C(C)=N/NC(=O)c2ccc(N(C)C)cc2)cc1. The van der Waals surface area contributed by atoms with Gasteiger partial charge in [-0.1, -0.05) is 24.3 Å². The molecule has 8 heteroatoms. The molecular formula is C28H32N6O2. The Morgan fingerprint density at radius 1 is 0.528 bits per heavy atom. The molecule has 0 radical (unpaired) electrons. The van der Waals surface area contributed by atoms with Crippen molar-refractivity contribution in [1.29, 1.82) is 0 Å². The lowest BCUT2D eigenvalue weighted by molar-refractivity contribution is 0.0947. The first-order valence-electron chi connectivity index (χ1n) is 11.5. The standard InChI is InChI=1S/C28H32N6O2/c1-19(29-31-27(35)23-11-15-25(16-12-23)33(3)4)21-7-9-22(10-8-21)20(2)30-32-28(36)24-13-17-26(18-14-24)34(5)6/h7-18H,1-6H3,(H,31,35)(H,32,36)/b29-19+,30-20+. The predicted molar refractivity (Wildman–Crippen MR) is 147 cm³/mol. The van der Waals surface area contributed by atoms with Crippen molar-refractivity contribution in [2.75, 3.05) is 38.0 Å². The van der Waals surface area contributed by atoms with E-state index in [2.05, 4.69) is 21.1 Å². The Bertz CT molecular complexity index is 1160. The van der Waals surface area contributed by atoms with Gasteiger partial charge in [0.15, 0.2) is 0 Å². The van der Waals surface area contributed by atoms with Crippen molar-refractivity contribution in [3.05, 3.63) is 95.1 Å². The molecule has 0 spiro atoms. The Balaban J connectivity index is 1.59. The molecular weight excluding hydrogens is 452 g/mol. The number of nitrogens with one attached hydrogen (secondary N) is 2. The first kappa shape index (κ1) is 26.2. The van der Waals surface area contributed by atoms with Gasteiger partial charge in [-0.2, -0.15) is 10.2 Å². The molecule has 8 nitrogen and oxygen atoms in total. The van der Waals surface area contributed by atoms with E-state index in [4.69, 9.17) is 0 Å². The van der Waals surface area contributed by atoms with Crippen molar-refractivity contribution >= 4 is 34.6 Å². The third-order valence-electron chi connectivity index (χ3n) is 5.66. The van der Waals surface area contributed by atoms with Crippen LogP contribution in [0.5, 0.6) is 0 Å². The highest BCUT2D eigenvalue weighted by Crippen LogP contribution is 2.13. The van der Waals surface area contributed by atoms with E-state index >= 15 is 0 Å². The number of nitrogens with zero attached hydrogens (tertiary/aromatic N) is 4. The van der Waals surface area contributed by atoms with Crippen LogP contribution in [0.2, 0.25) is 0 Å². The molecule has 3 aromatic rings. The Morgan fingerprint density at radius 3 is 1.08 bits per heavy atom. The van der Waals surface area contributed by atoms with Crippen LogP contribution in [0.1, 0.15) is 45.7 Å². The van der Waals surface area contributed by atoms with E-state index < -0.39 is 0 Å². The summed E-state index contributed by atoms with van der Waals surface area (Å²) in [7, 11) is 7.79. The largest absolute Gasteiger partial charge is 0.378 e.